The third kappa shape index (κ3) is 3.90. The van der Waals surface area contributed by atoms with E-state index in [4.69, 9.17) is 10.5 Å². The van der Waals surface area contributed by atoms with Gasteiger partial charge in [-0.3, -0.25) is 4.57 Å². The number of nitrogen functional groups attached to an aromatic ring is 1. The molecule has 146 valence electrons. The van der Waals surface area contributed by atoms with Crippen LogP contribution in [0.3, 0.4) is 0 Å². The fraction of sp³-hybridized carbons (Fsp3) is 0.750. The number of nitrogens with two attached hydrogens (primary N) is 1. The quantitative estimate of drug-likeness (QED) is 0.412. The molecule has 3 rings (SSSR count). The Morgan fingerprint density at radius 2 is 2.00 bits per heavy atom. The lowest BCUT2D eigenvalue weighted by molar-refractivity contribution is -0.230. The normalized spacial score (nSPS) is 34.9. The highest BCUT2D eigenvalue weighted by molar-refractivity contribution is 7.99. The summed E-state index contributed by atoms with van der Waals surface area (Å²) in [5.74, 6) is 1.14. The summed E-state index contributed by atoms with van der Waals surface area (Å²) >= 11 is 1.70. The van der Waals surface area contributed by atoms with Gasteiger partial charge in [0.25, 0.3) is 0 Å². The van der Waals surface area contributed by atoms with Crippen LogP contribution in [0.5, 0.6) is 0 Å². The van der Waals surface area contributed by atoms with Gasteiger partial charge in [0.15, 0.2) is 0 Å². The lowest BCUT2D eigenvalue weighted by Gasteiger charge is -2.40. The standard InChI is InChI=1S/C16H25N3O6S/c17-15-8(6-19(16(24)18-15)11-2-1-5-26-11)3-4-9-12(21)14(23)13(22)10(7-20)25-9/h6,9-14,20-23H,1-5,7H2,(H2,17,18,24)/t9-,10+,11?,12+,13+,14+/m0/s1. The Kier molecular flexibility index (Phi) is 6.21. The first kappa shape index (κ1) is 19.6. The van der Waals surface area contributed by atoms with Gasteiger partial charge >= 0.3 is 5.69 Å². The van der Waals surface area contributed by atoms with Gasteiger partial charge in [-0.25, -0.2) is 4.79 Å². The Balaban J connectivity index is 1.72. The molecular formula is C16H25N3O6S. The Morgan fingerprint density at radius 1 is 1.27 bits per heavy atom. The van der Waals surface area contributed by atoms with E-state index in [1.165, 1.54) is 0 Å². The molecule has 2 fully saturated rings. The van der Waals surface area contributed by atoms with Crippen molar-refractivity contribution in [2.45, 2.75) is 61.6 Å². The van der Waals surface area contributed by atoms with Crippen LogP contribution in [0.1, 0.15) is 30.2 Å². The van der Waals surface area contributed by atoms with Crippen molar-refractivity contribution in [3.63, 3.8) is 0 Å². The van der Waals surface area contributed by atoms with E-state index in [1.807, 2.05) is 0 Å². The van der Waals surface area contributed by atoms with Crippen LogP contribution >= 0.6 is 11.8 Å². The third-order valence-electron chi connectivity index (χ3n) is 4.97. The topological polar surface area (TPSA) is 151 Å². The first-order valence-corrected chi connectivity index (χ1v) is 9.77. The molecule has 26 heavy (non-hydrogen) atoms. The zero-order chi connectivity index (χ0) is 18.8. The van der Waals surface area contributed by atoms with Crippen molar-refractivity contribution in [2.75, 3.05) is 18.1 Å². The van der Waals surface area contributed by atoms with Gasteiger partial charge in [0, 0.05) is 11.8 Å². The van der Waals surface area contributed by atoms with E-state index in [0.29, 0.717) is 18.4 Å². The van der Waals surface area contributed by atoms with Crippen LogP contribution in [-0.2, 0) is 11.2 Å². The Morgan fingerprint density at radius 3 is 2.65 bits per heavy atom. The first-order valence-electron chi connectivity index (χ1n) is 8.72. The van der Waals surface area contributed by atoms with Crippen LogP contribution in [0, 0.1) is 0 Å². The predicted molar refractivity (Wildman–Crippen MR) is 95.7 cm³/mol. The van der Waals surface area contributed by atoms with Crippen LogP contribution in [0.2, 0.25) is 0 Å². The average molecular weight is 387 g/mol. The van der Waals surface area contributed by atoms with Crippen LogP contribution in [0.4, 0.5) is 5.82 Å². The van der Waals surface area contributed by atoms with Gasteiger partial charge in [-0.1, -0.05) is 0 Å². The molecule has 1 aromatic rings. The molecule has 0 aromatic carbocycles. The maximum atomic E-state index is 12.1. The van der Waals surface area contributed by atoms with E-state index in [1.54, 1.807) is 22.5 Å². The molecule has 2 aliphatic rings. The molecule has 1 unspecified atom stereocenters. The molecule has 1 aromatic heterocycles. The third-order valence-corrected chi connectivity index (χ3v) is 6.34. The van der Waals surface area contributed by atoms with Crippen LogP contribution in [-0.4, -0.2) is 72.9 Å². The molecule has 6 atom stereocenters. The van der Waals surface area contributed by atoms with Crippen molar-refractivity contribution < 1.29 is 25.2 Å². The molecule has 0 bridgehead atoms. The summed E-state index contributed by atoms with van der Waals surface area (Å²) in [6.07, 6.45) is -1.43. The number of hydrogen-bond donors (Lipinski definition) is 5. The molecule has 6 N–H and O–H groups in total. The van der Waals surface area contributed by atoms with Crippen LogP contribution < -0.4 is 11.4 Å². The predicted octanol–water partition coefficient (Wildman–Crippen LogP) is -1.37. The summed E-state index contributed by atoms with van der Waals surface area (Å²) in [5, 5.41) is 39.1. The van der Waals surface area contributed by atoms with E-state index < -0.39 is 37.1 Å². The van der Waals surface area contributed by atoms with E-state index in [2.05, 4.69) is 4.98 Å². The Labute approximate surface area is 154 Å². The van der Waals surface area contributed by atoms with E-state index in [9.17, 15) is 25.2 Å². The van der Waals surface area contributed by atoms with E-state index in [-0.39, 0.29) is 16.9 Å². The average Bonchev–Trinajstić information content (AvgIpc) is 3.15. The number of aliphatic hydroxyl groups excluding tert-OH is 4. The van der Waals surface area contributed by atoms with Gasteiger partial charge in [0.05, 0.1) is 18.1 Å². The number of anilines is 1. The fourth-order valence-corrected chi connectivity index (χ4v) is 4.67. The molecule has 0 saturated carbocycles. The number of ether oxygens (including phenoxy) is 1. The second kappa shape index (κ2) is 8.24. The minimum atomic E-state index is -1.40. The van der Waals surface area contributed by atoms with Gasteiger partial charge in [-0.2, -0.15) is 4.98 Å². The Hall–Kier alpha value is -1.17. The largest absolute Gasteiger partial charge is 0.394 e. The SMILES string of the molecule is Nc1nc(=O)n(C2CCCS2)cc1CC[C@@H]1O[C@H](CO)[C@@H](O)[C@H](O)[C@@H]1O. The van der Waals surface area contributed by atoms with Gasteiger partial charge in [0.2, 0.25) is 0 Å². The van der Waals surface area contributed by atoms with Gasteiger partial charge in [-0.15, -0.1) is 11.8 Å². The lowest BCUT2D eigenvalue weighted by atomic mass is 9.92. The summed E-state index contributed by atoms with van der Waals surface area (Å²) in [4.78, 5) is 16.0. The van der Waals surface area contributed by atoms with Crippen LogP contribution in [0.15, 0.2) is 11.0 Å². The zero-order valence-corrected chi connectivity index (χ0v) is 15.1. The van der Waals surface area contributed by atoms with Gasteiger partial charge < -0.3 is 30.9 Å². The second-order valence-electron chi connectivity index (χ2n) is 6.71. The highest BCUT2D eigenvalue weighted by Gasteiger charge is 2.43. The summed E-state index contributed by atoms with van der Waals surface area (Å²) in [6.45, 7) is -0.463. The molecule has 2 saturated heterocycles. The zero-order valence-electron chi connectivity index (χ0n) is 14.3. The number of aromatic nitrogens is 2. The van der Waals surface area contributed by atoms with E-state index >= 15 is 0 Å². The number of aliphatic hydroxyl groups is 4. The minimum Gasteiger partial charge on any atom is -0.394 e. The summed E-state index contributed by atoms with van der Waals surface area (Å²) in [5.41, 5.74) is 6.16. The molecule has 0 aliphatic carbocycles. The van der Waals surface area contributed by atoms with E-state index in [0.717, 1.165) is 18.6 Å². The number of thioether (sulfide) groups is 1. The molecule has 9 nitrogen and oxygen atoms in total. The monoisotopic (exact) mass is 387 g/mol. The highest BCUT2D eigenvalue weighted by atomic mass is 32.2. The Bertz CT molecular complexity index is 678. The maximum absolute atomic E-state index is 12.1. The summed E-state index contributed by atoms with van der Waals surface area (Å²) in [7, 11) is 0. The molecule has 10 heteroatoms. The molecule has 3 heterocycles. The van der Waals surface area contributed by atoms with Crippen molar-refractivity contribution in [2.24, 2.45) is 0 Å². The molecule has 0 radical (unpaired) electrons. The second-order valence-corrected chi connectivity index (χ2v) is 8.00. The summed E-state index contributed by atoms with van der Waals surface area (Å²) < 4.78 is 7.10. The maximum Gasteiger partial charge on any atom is 0.350 e. The molecule has 0 spiro atoms. The highest BCUT2D eigenvalue weighted by Crippen LogP contribution is 2.34. The number of aryl methyl sites for hydroxylation is 1. The number of hydrogen-bond acceptors (Lipinski definition) is 9. The summed E-state index contributed by atoms with van der Waals surface area (Å²) in [6, 6.07) is 0. The van der Waals surface area contributed by atoms with Crippen molar-refractivity contribution >= 4 is 17.6 Å². The van der Waals surface area contributed by atoms with Crippen molar-refractivity contribution in [1.29, 1.82) is 0 Å². The van der Waals surface area contributed by atoms with Gasteiger partial charge in [-0.05, 0) is 31.4 Å². The smallest absolute Gasteiger partial charge is 0.350 e. The molecular weight excluding hydrogens is 362 g/mol. The minimum absolute atomic E-state index is 0.0570. The van der Waals surface area contributed by atoms with Crippen molar-refractivity contribution in [3.05, 3.63) is 22.2 Å². The first-order chi connectivity index (χ1) is 12.4. The van der Waals surface area contributed by atoms with Crippen molar-refractivity contribution in [1.82, 2.24) is 9.55 Å². The van der Waals surface area contributed by atoms with Crippen LogP contribution in [0.25, 0.3) is 0 Å². The molecule has 2 aliphatic heterocycles. The van der Waals surface area contributed by atoms with Gasteiger partial charge in [0.1, 0.15) is 30.2 Å². The van der Waals surface area contributed by atoms with Crippen molar-refractivity contribution in [3.8, 4) is 0 Å². The molecule has 0 amide bonds. The number of rotatable bonds is 5. The number of nitrogens with zero attached hydrogens (tertiary/aromatic N) is 2. The lowest BCUT2D eigenvalue weighted by Crippen LogP contribution is -2.58. The fourth-order valence-electron chi connectivity index (χ4n) is 3.42.